The first-order chi connectivity index (χ1) is 9.52. The van der Waals surface area contributed by atoms with Gasteiger partial charge in [-0.3, -0.25) is 0 Å². The first kappa shape index (κ1) is 15.6. The number of thioether (sulfide) groups is 1. The number of nitrogens with one attached hydrogen (secondary N) is 1. The van der Waals surface area contributed by atoms with Crippen molar-refractivity contribution in [2.24, 2.45) is 0 Å². The molecule has 2 atom stereocenters. The van der Waals surface area contributed by atoms with Gasteiger partial charge >= 0.3 is 0 Å². The lowest BCUT2D eigenvalue weighted by Crippen LogP contribution is -2.38. The molecule has 1 saturated heterocycles. The molecule has 0 radical (unpaired) electrons. The van der Waals surface area contributed by atoms with Gasteiger partial charge in [-0.2, -0.15) is 11.8 Å². The highest BCUT2D eigenvalue weighted by molar-refractivity contribution is 8.00. The van der Waals surface area contributed by atoms with Gasteiger partial charge in [0.15, 0.2) is 0 Å². The molecule has 2 rings (SSSR count). The number of rotatable bonds is 4. The Hall–Kier alpha value is -0.740. The fraction of sp³-hybridized carbons (Fsp3) is 0.625. The van der Waals surface area contributed by atoms with E-state index in [9.17, 15) is 4.39 Å². The molecular formula is C16H25FN2S. The van der Waals surface area contributed by atoms with E-state index in [-0.39, 0.29) is 11.9 Å². The second-order valence-corrected chi connectivity index (χ2v) is 7.11. The van der Waals surface area contributed by atoms with Crippen molar-refractivity contribution in [3.05, 3.63) is 29.1 Å². The minimum absolute atomic E-state index is 0.104. The maximum atomic E-state index is 14.0. The van der Waals surface area contributed by atoms with Crippen LogP contribution in [0.5, 0.6) is 0 Å². The smallest absolute Gasteiger partial charge is 0.126 e. The third-order valence-corrected chi connectivity index (χ3v) is 5.00. The SMILES string of the molecule is CCNC(C)c1cc(F)c(C)cc1N1CCSC(C)C1. The summed E-state index contributed by atoms with van der Waals surface area (Å²) in [5.41, 5.74) is 3.01. The monoisotopic (exact) mass is 296 g/mol. The van der Waals surface area contributed by atoms with E-state index >= 15 is 0 Å². The van der Waals surface area contributed by atoms with Gasteiger partial charge in [0.05, 0.1) is 0 Å². The normalized spacial score (nSPS) is 21.1. The summed E-state index contributed by atoms with van der Waals surface area (Å²) in [6.45, 7) is 11.3. The average molecular weight is 296 g/mol. The molecule has 112 valence electrons. The molecule has 2 nitrogen and oxygen atoms in total. The Morgan fingerprint density at radius 1 is 1.50 bits per heavy atom. The van der Waals surface area contributed by atoms with Crippen LogP contribution in [0.15, 0.2) is 12.1 Å². The summed E-state index contributed by atoms with van der Waals surface area (Å²) in [4.78, 5) is 2.41. The summed E-state index contributed by atoms with van der Waals surface area (Å²) in [7, 11) is 0. The fourth-order valence-corrected chi connectivity index (χ4v) is 3.77. The number of benzene rings is 1. The van der Waals surface area contributed by atoms with Crippen molar-refractivity contribution in [1.29, 1.82) is 0 Å². The summed E-state index contributed by atoms with van der Waals surface area (Å²) in [5, 5.41) is 4.04. The lowest BCUT2D eigenvalue weighted by Gasteiger charge is -2.35. The molecule has 20 heavy (non-hydrogen) atoms. The standard InChI is InChI=1S/C16H25FN2S/c1-5-18-13(4)14-9-15(17)11(2)8-16(14)19-6-7-20-12(3)10-19/h8-9,12-13,18H,5-7,10H2,1-4H3. The molecular weight excluding hydrogens is 271 g/mol. The molecule has 1 aliphatic rings. The number of aryl methyl sites for hydroxylation is 1. The zero-order valence-corrected chi connectivity index (χ0v) is 13.7. The molecule has 0 saturated carbocycles. The topological polar surface area (TPSA) is 15.3 Å². The predicted molar refractivity (Wildman–Crippen MR) is 87.4 cm³/mol. The molecule has 0 spiro atoms. The van der Waals surface area contributed by atoms with Gasteiger partial charge in [-0.15, -0.1) is 0 Å². The van der Waals surface area contributed by atoms with Crippen molar-refractivity contribution in [3.8, 4) is 0 Å². The van der Waals surface area contributed by atoms with Crippen LogP contribution in [0.3, 0.4) is 0 Å². The van der Waals surface area contributed by atoms with Crippen LogP contribution in [0, 0.1) is 12.7 Å². The minimum Gasteiger partial charge on any atom is -0.369 e. The molecule has 2 unspecified atom stereocenters. The lowest BCUT2D eigenvalue weighted by molar-refractivity contribution is 0.577. The van der Waals surface area contributed by atoms with E-state index < -0.39 is 0 Å². The Morgan fingerprint density at radius 3 is 2.90 bits per heavy atom. The van der Waals surface area contributed by atoms with Crippen LogP contribution in [0.4, 0.5) is 10.1 Å². The summed E-state index contributed by atoms with van der Waals surface area (Å²) < 4.78 is 14.0. The largest absolute Gasteiger partial charge is 0.369 e. The highest BCUT2D eigenvalue weighted by Crippen LogP contribution is 2.32. The fourth-order valence-electron chi connectivity index (χ4n) is 2.76. The molecule has 0 amide bonds. The van der Waals surface area contributed by atoms with Crippen LogP contribution in [-0.4, -0.2) is 30.6 Å². The molecule has 1 fully saturated rings. The maximum Gasteiger partial charge on any atom is 0.126 e. The van der Waals surface area contributed by atoms with Crippen molar-refractivity contribution in [1.82, 2.24) is 5.32 Å². The molecule has 1 aromatic rings. The van der Waals surface area contributed by atoms with Crippen molar-refractivity contribution in [2.75, 3.05) is 30.3 Å². The Balaban J connectivity index is 2.36. The van der Waals surface area contributed by atoms with E-state index in [4.69, 9.17) is 0 Å². The van der Waals surface area contributed by atoms with Gasteiger partial charge < -0.3 is 10.2 Å². The number of nitrogens with zero attached hydrogens (tertiary/aromatic N) is 1. The van der Waals surface area contributed by atoms with E-state index in [1.807, 2.05) is 24.8 Å². The van der Waals surface area contributed by atoms with Gasteiger partial charge in [-0.25, -0.2) is 4.39 Å². The molecule has 1 aliphatic heterocycles. The van der Waals surface area contributed by atoms with E-state index in [1.54, 1.807) is 6.07 Å². The molecule has 0 bridgehead atoms. The Morgan fingerprint density at radius 2 is 2.25 bits per heavy atom. The van der Waals surface area contributed by atoms with Gasteiger partial charge in [0, 0.05) is 35.8 Å². The second-order valence-electron chi connectivity index (χ2n) is 5.57. The minimum atomic E-state index is -0.104. The molecule has 0 aliphatic carbocycles. The van der Waals surface area contributed by atoms with Crippen LogP contribution in [-0.2, 0) is 0 Å². The summed E-state index contributed by atoms with van der Waals surface area (Å²) >= 11 is 2.02. The lowest BCUT2D eigenvalue weighted by atomic mass is 10.0. The Bertz CT molecular complexity index is 464. The Labute approximate surface area is 126 Å². The maximum absolute atomic E-state index is 14.0. The van der Waals surface area contributed by atoms with Crippen LogP contribution >= 0.6 is 11.8 Å². The van der Waals surface area contributed by atoms with E-state index in [2.05, 4.69) is 31.0 Å². The van der Waals surface area contributed by atoms with Crippen LogP contribution < -0.4 is 10.2 Å². The zero-order valence-electron chi connectivity index (χ0n) is 12.9. The molecule has 4 heteroatoms. The van der Waals surface area contributed by atoms with Crippen LogP contribution in [0.2, 0.25) is 0 Å². The van der Waals surface area contributed by atoms with Gasteiger partial charge in [-0.1, -0.05) is 13.8 Å². The van der Waals surface area contributed by atoms with Crippen LogP contribution in [0.25, 0.3) is 0 Å². The van der Waals surface area contributed by atoms with Crippen molar-refractivity contribution in [3.63, 3.8) is 0 Å². The van der Waals surface area contributed by atoms with E-state index in [0.29, 0.717) is 5.25 Å². The Kier molecular flexibility index (Phi) is 5.33. The zero-order chi connectivity index (χ0) is 14.7. The van der Waals surface area contributed by atoms with Gasteiger partial charge in [0.1, 0.15) is 5.82 Å². The highest BCUT2D eigenvalue weighted by Gasteiger charge is 2.22. The van der Waals surface area contributed by atoms with E-state index in [1.165, 1.54) is 5.69 Å². The van der Waals surface area contributed by atoms with Crippen molar-refractivity contribution < 1.29 is 4.39 Å². The van der Waals surface area contributed by atoms with E-state index in [0.717, 1.165) is 36.5 Å². The third-order valence-electron chi connectivity index (χ3n) is 3.87. The van der Waals surface area contributed by atoms with Gasteiger partial charge in [0.2, 0.25) is 0 Å². The first-order valence-corrected chi connectivity index (χ1v) is 8.47. The third kappa shape index (κ3) is 3.47. The van der Waals surface area contributed by atoms with Crippen molar-refractivity contribution >= 4 is 17.4 Å². The summed E-state index contributed by atoms with van der Waals surface area (Å²) in [5.74, 6) is 1.04. The summed E-state index contributed by atoms with van der Waals surface area (Å²) in [6, 6.07) is 3.90. The molecule has 1 aromatic carbocycles. The van der Waals surface area contributed by atoms with Gasteiger partial charge in [0.25, 0.3) is 0 Å². The first-order valence-electron chi connectivity index (χ1n) is 7.43. The highest BCUT2D eigenvalue weighted by atomic mass is 32.2. The van der Waals surface area contributed by atoms with Gasteiger partial charge in [-0.05, 0) is 43.7 Å². The van der Waals surface area contributed by atoms with Crippen LogP contribution in [0.1, 0.15) is 37.9 Å². The molecule has 0 aromatic heterocycles. The number of halogens is 1. The second kappa shape index (κ2) is 6.81. The predicted octanol–water partition coefficient (Wildman–Crippen LogP) is 3.75. The van der Waals surface area contributed by atoms with Crippen molar-refractivity contribution in [2.45, 2.75) is 39.0 Å². The number of hydrogen-bond donors (Lipinski definition) is 1. The number of anilines is 1. The summed E-state index contributed by atoms with van der Waals surface area (Å²) in [6.07, 6.45) is 0. The quantitative estimate of drug-likeness (QED) is 0.911. The average Bonchev–Trinajstić information content (AvgIpc) is 2.41. The molecule has 1 N–H and O–H groups in total. The molecule has 1 heterocycles. The number of hydrogen-bond acceptors (Lipinski definition) is 3.